The van der Waals surface area contributed by atoms with Gasteiger partial charge in [-0.3, -0.25) is 14.6 Å². The minimum Gasteiger partial charge on any atom is -0.480 e. The first kappa shape index (κ1) is 18.4. The number of benzene rings is 1. The highest BCUT2D eigenvalue weighted by Gasteiger charge is 2.29. The summed E-state index contributed by atoms with van der Waals surface area (Å²) < 4.78 is 4.84. The van der Waals surface area contributed by atoms with Gasteiger partial charge < -0.3 is 15.2 Å². The standard InChI is InChI=1S/C18H20N2O5/c1-3-25-15(21)10-11(2)16(18(23)24)20-17(22)13-8-9-19-14-7-5-4-6-12(13)14/h4-9,11,16H,3,10H2,1-2H3,(H,20,22)(H,23,24)/t11-,16-/m1/s1. The number of esters is 1. The number of para-hydroxylation sites is 1. The summed E-state index contributed by atoms with van der Waals surface area (Å²) in [6, 6.07) is 7.42. The number of hydrogen-bond acceptors (Lipinski definition) is 5. The van der Waals surface area contributed by atoms with Gasteiger partial charge in [0, 0.05) is 11.6 Å². The van der Waals surface area contributed by atoms with Gasteiger partial charge in [-0.05, 0) is 25.0 Å². The highest BCUT2D eigenvalue weighted by molar-refractivity contribution is 6.07. The molecule has 7 heteroatoms. The monoisotopic (exact) mass is 344 g/mol. The lowest BCUT2D eigenvalue weighted by molar-refractivity contribution is -0.145. The van der Waals surface area contributed by atoms with Gasteiger partial charge in [-0.2, -0.15) is 0 Å². The van der Waals surface area contributed by atoms with Gasteiger partial charge in [0.15, 0.2) is 0 Å². The van der Waals surface area contributed by atoms with E-state index in [1.54, 1.807) is 38.1 Å². The molecule has 0 unspecified atom stereocenters. The minimum atomic E-state index is -1.21. The van der Waals surface area contributed by atoms with Crippen LogP contribution >= 0.6 is 0 Å². The van der Waals surface area contributed by atoms with Gasteiger partial charge in [0.05, 0.1) is 24.1 Å². The van der Waals surface area contributed by atoms with Crippen molar-refractivity contribution in [2.24, 2.45) is 5.92 Å². The molecule has 2 atom stereocenters. The van der Waals surface area contributed by atoms with Crippen molar-refractivity contribution in [2.75, 3.05) is 6.61 Å². The second-order valence-corrected chi connectivity index (χ2v) is 5.65. The number of carboxylic acids is 1. The fraction of sp³-hybridized carbons (Fsp3) is 0.333. The molecule has 0 aliphatic carbocycles. The molecule has 1 heterocycles. The molecule has 132 valence electrons. The Morgan fingerprint density at radius 2 is 1.96 bits per heavy atom. The van der Waals surface area contributed by atoms with Crippen molar-refractivity contribution in [3.05, 3.63) is 42.1 Å². The number of aromatic nitrogens is 1. The number of fused-ring (bicyclic) bond motifs is 1. The summed E-state index contributed by atoms with van der Waals surface area (Å²) in [5.74, 6) is -2.84. The summed E-state index contributed by atoms with van der Waals surface area (Å²) >= 11 is 0. The molecule has 25 heavy (non-hydrogen) atoms. The highest BCUT2D eigenvalue weighted by atomic mass is 16.5. The topological polar surface area (TPSA) is 106 Å². The zero-order chi connectivity index (χ0) is 18.4. The van der Waals surface area contributed by atoms with E-state index in [9.17, 15) is 19.5 Å². The number of aliphatic carboxylic acids is 1. The number of nitrogens with zero attached hydrogens (tertiary/aromatic N) is 1. The number of pyridine rings is 1. The van der Waals surface area contributed by atoms with Crippen LogP contribution in [0.25, 0.3) is 10.9 Å². The maximum atomic E-state index is 12.6. The summed E-state index contributed by atoms with van der Waals surface area (Å²) in [5, 5.41) is 12.5. The van der Waals surface area contributed by atoms with Crippen LogP contribution in [0.1, 0.15) is 30.6 Å². The predicted octanol–water partition coefficient (Wildman–Crippen LogP) is 2.01. The van der Waals surface area contributed by atoms with Crippen molar-refractivity contribution in [1.82, 2.24) is 10.3 Å². The number of carbonyl (C=O) groups excluding carboxylic acids is 2. The van der Waals surface area contributed by atoms with Crippen molar-refractivity contribution in [3.63, 3.8) is 0 Å². The van der Waals surface area contributed by atoms with Crippen LogP contribution in [0.4, 0.5) is 0 Å². The van der Waals surface area contributed by atoms with E-state index in [0.717, 1.165) is 0 Å². The lowest BCUT2D eigenvalue weighted by atomic mass is 9.97. The maximum absolute atomic E-state index is 12.6. The van der Waals surface area contributed by atoms with Crippen molar-refractivity contribution < 1.29 is 24.2 Å². The summed E-state index contributed by atoms with van der Waals surface area (Å²) in [5.41, 5.74) is 0.974. The smallest absolute Gasteiger partial charge is 0.326 e. The third kappa shape index (κ3) is 4.53. The van der Waals surface area contributed by atoms with Gasteiger partial charge >= 0.3 is 11.9 Å². The average Bonchev–Trinajstić information content (AvgIpc) is 2.58. The molecule has 0 aliphatic heterocycles. The van der Waals surface area contributed by atoms with E-state index in [1.807, 2.05) is 0 Å². The molecule has 1 amide bonds. The Hall–Kier alpha value is -2.96. The number of carbonyl (C=O) groups is 3. The Morgan fingerprint density at radius 3 is 2.64 bits per heavy atom. The van der Waals surface area contributed by atoms with E-state index in [1.165, 1.54) is 12.3 Å². The first-order valence-electron chi connectivity index (χ1n) is 7.97. The summed E-state index contributed by atoms with van der Waals surface area (Å²) in [6.07, 6.45) is 1.40. The zero-order valence-electron chi connectivity index (χ0n) is 14.1. The molecule has 1 aromatic carbocycles. The van der Waals surface area contributed by atoms with E-state index in [-0.39, 0.29) is 13.0 Å². The molecule has 2 rings (SSSR count). The van der Waals surface area contributed by atoms with Gasteiger partial charge in [0.25, 0.3) is 5.91 Å². The molecular weight excluding hydrogens is 324 g/mol. The minimum absolute atomic E-state index is 0.0951. The normalized spacial score (nSPS) is 13.0. The Balaban J connectivity index is 2.20. The van der Waals surface area contributed by atoms with Crippen LogP contribution < -0.4 is 5.32 Å². The van der Waals surface area contributed by atoms with Crippen LogP contribution in [0.2, 0.25) is 0 Å². The third-order valence-electron chi connectivity index (χ3n) is 3.81. The first-order chi connectivity index (χ1) is 11.9. The van der Waals surface area contributed by atoms with Gasteiger partial charge in [-0.1, -0.05) is 25.1 Å². The van der Waals surface area contributed by atoms with E-state index < -0.39 is 29.8 Å². The summed E-state index contributed by atoms with van der Waals surface area (Å²) in [4.78, 5) is 39.9. The first-order valence-corrected chi connectivity index (χ1v) is 7.97. The molecule has 1 aromatic heterocycles. The molecule has 0 saturated heterocycles. The molecule has 0 radical (unpaired) electrons. The largest absolute Gasteiger partial charge is 0.480 e. The predicted molar refractivity (Wildman–Crippen MR) is 91.0 cm³/mol. The second kappa shape index (κ2) is 8.23. The van der Waals surface area contributed by atoms with Gasteiger partial charge in [-0.25, -0.2) is 4.79 Å². The SMILES string of the molecule is CCOC(=O)C[C@@H](C)[C@@H](NC(=O)c1ccnc2ccccc12)C(=O)O. The van der Waals surface area contributed by atoms with E-state index in [2.05, 4.69) is 10.3 Å². The molecular formula is C18H20N2O5. The highest BCUT2D eigenvalue weighted by Crippen LogP contribution is 2.17. The van der Waals surface area contributed by atoms with Gasteiger partial charge in [0.1, 0.15) is 6.04 Å². The molecule has 0 bridgehead atoms. The Labute approximate surface area is 145 Å². The molecule has 7 nitrogen and oxygen atoms in total. The fourth-order valence-corrected chi connectivity index (χ4v) is 2.56. The quantitative estimate of drug-likeness (QED) is 0.744. The molecule has 0 spiro atoms. The fourth-order valence-electron chi connectivity index (χ4n) is 2.56. The lowest BCUT2D eigenvalue weighted by Gasteiger charge is -2.21. The number of amides is 1. The molecule has 0 fully saturated rings. The van der Waals surface area contributed by atoms with Crippen LogP contribution in [0.15, 0.2) is 36.5 Å². The van der Waals surface area contributed by atoms with Crippen molar-refractivity contribution in [2.45, 2.75) is 26.3 Å². The molecule has 2 aromatic rings. The van der Waals surface area contributed by atoms with Crippen LogP contribution in [-0.2, 0) is 14.3 Å². The molecule has 2 N–H and O–H groups in total. The van der Waals surface area contributed by atoms with E-state index in [0.29, 0.717) is 16.5 Å². The average molecular weight is 344 g/mol. The Kier molecular flexibility index (Phi) is 6.05. The summed E-state index contributed by atoms with van der Waals surface area (Å²) in [6.45, 7) is 3.48. The van der Waals surface area contributed by atoms with Crippen molar-refractivity contribution in [3.8, 4) is 0 Å². The Bertz CT molecular complexity index is 785. The number of ether oxygens (including phenoxy) is 1. The van der Waals surface area contributed by atoms with Gasteiger partial charge in [0.2, 0.25) is 0 Å². The van der Waals surface area contributed by atoms with Crippen molar-refractivity contribution in [1.29, 1.82) is 0 Å². The van der Waals surface area contributed by atoms with E-state index in [4.69, 9.17) is 4.74 Å². The molecule has 0 aliphatic rings. The van der Waals surface area contributed by atoms with Crippen molar-refractivity contribution >= 4 is 28.7 Å². The number of carboxylic acid groups (broad SMARTS) is 1. The summed E-state index contributed by atoms with van der Waals surface area (Å²) in [7, 11) is 0. The molecule has 0 saturated carbocycles. The van der Waals surface area contributed by atoms with Crippen LogP contribution in [0, 0.1) is 5.92 Å². The number of rotatable bonds is 7. The van der Waals surface area contributed by atoms with Crippen LogP contribution in [0.5, 0.6) is 0 Å². The number of nitrogens with one attached hydrogen (secondary N) is 1. The zero-order valence-corrected chi connectivity index (χ0v) is 14.1. The van der Waals surface area contributed by atoms with Crippen LogP contribution in [-0.4, -0.2) is 40.6 Å². The second-order valence-electron chi connectivity index (χ2n) is 5.65. The Morgan fingerprint density at radius 1 is 1.24 bits per heavy atom. The third-order valence-corrected chi connectivity index (χ3v) is 3.81. The lowest BCUT2D eigenvalue weighted by Crippen LogP contribution is -2.45. The van der Waals surface area contributed by atoms with E-state index >= 15 is 0 Å². The van der Waals surface area contributed by atoms with Crippen LogP contribution in [0.3, 0.4) is 0 Å². The number of hydrogen-bond donors (Lipinski definition) is 2. The van der Waals surface area contributed by atoms with Gasteiger partial charge in [-0.15, -0.1) is 0 Å². The maximum Gasteiger partial charge on any atom is 0.326 e.